The zero-order valence-corrected chi connectivity index (χ0v) is 11.0. The van der Waals surface area contributed by atoms with Crippen molar-refractivity contribution >= 4 is 6.03 Å². The zero-order valence-electron chi connectivity index (χ0n) is 11.0. The third kappa shape index (κ3) is 3.85. The van der Waals surface area contributed by atoms with Crippen LogP contribution in [-0.2, 0) is 4.74 Å². The standard InChI is InChI=1S/C13H24N2O3/c1-9-12(5-6-18-9)15-13(17)14-8-10-3-2-4-11(16)7-10/h9-12,16H,2-8H2,1H3,(H2,14,15,17). The number of aliphatic hydroxyl groups excluding tert-OH is 1. The van der Waals surface area contributed by atoms with Crippen LogP contribution in [-0.4, -0.2) is 42.5 Å². The van der Waals surface area contributed by atoms with E-state index in [1.807, 2.05) is 6.92 Å². The topological polar surface area (TPSA) is 70.6 Å². The smallest absolute Gasteiger partial charge is 0.315 e. The Bertz CT molecular complexity index is 285. The van der Waals surface area contributed by atoms with Crippen LogP contribution in [0.15, 0.2) is 0 Å². The summed E-state index contributed by atoms with van der Waals surface area (Å²) >= 11 is 0. The van der Waals surface area contributed by atoms with Crippen molar-refractivity contribution in [1.29, 1.82) is 0 Å². The van der Waals surface area contributed by atoms with E-state index in [1.165, 1.54) is 0 Å². The van der Waals surface area contributed by atoms with E-state index in [9.17, 15) is 9.90 Å². The third-order valence-corrected chi connectivity index (χ3v) is 4.00. The first-order valence-corrected chi connectivity index (χ1v) is 6.99. The van der Waals surface area contributed by atoms with Crippen LogP contribution >= 0.6 is 0 Å². The van der Waals surface area contributed by atoms with Gasteiger partial charge in [-0.05, 0) is 38.5 Å². The third-order valence-electron chi connectivity index (χ3n) is 4.00. The Morgan fingerprint density at radius 1 is 1.39 bits per heavy atom. The Kier molecular flexibility index (Phi) is 4.83. The van der Waals surface area contributed by atoms with Crippen molar-refractivity contribution < 1.29 is 14.6 Å². The van der Waals surface area contributed by atoms with E-state index in [0.717, 1.165) is 38.7 Å². The second kappa shape index (κ2) is 6.38. The zero-order chi connectivity index (χ0) is 13.0. The number of rotatable bonds is 3. The Hall–Kier alpha value is -0.810. The molecule has 2 aliphatic rings. The molecule has 5 heteroatoms. The average molecular weight is 256 g/mol. The molecule has 1 saturated heterocycles. The van der Waals surface area contributed by atoms with Crippen LogP contribution in [0, 0.1) is 5.92 Å². The predicted molar refractivity (Wildman–Crippen MR) is 68.3 cm³/mol. The highest BCUT2D eigenvalue weighted by Gasteiger charge is 2.26. The van der Waals surface area contributed by atoms with E-state index in [2.05, 4.69) is 10.6 Å². The first-order valence-electron chi connectivity index (χ1n) is 6.99. The minimum absolute atomic E-state index is 0.104. The van der Waals surface area contributed by atoms with Gasteiger partial charge in [0.2, 0.25) is 0 Å². The summed E-state index contributed by atoms with van der Waals surface area (Å²) < 4.78 is 5.40. The monoisotopic (exact) mass is 256 g/mol. The van der Waals surface area contributed by atoms with E-state index < -0.39 is 0 Å². The van der Waals surface area contributed by atoms with Crippen molar-refractivity contribution in [2.45, 2.75) is 57.3 Å². The fourth-order valence-electron chi connectivity index (χ4n) is 2.83. The quantitative estimate of drug-likeness (QED) is 0.706. The molecule has 4 unspecified atom stereocenters. The van der Waals surface area contributed by atoms with Gasteiger partial charge < -0.3 is 20.5 Å². The maximum atomic E-state index is 11.7. The number of carbonyl (C=O) groups excluding carboxylic acids is 1. The van der Waals surface area contributed by atoms with Gasteiger partial charge >= 0.3 is 6.03 Å². The Labute approximate surface area is 108 Å². The molecule has 1 saturated carbocycles. The van der Waals surface area contributed by atoms with Crippen molar-refractivity contribution in [1.82, 2.24) is 10.6 Å². The van der Waals surface area contributed by atoms with Gasteiger partial charge in [0.15, 0.2) is 0 Å². The Morgan fingerprint density at radius 2 is 2.22 bits per heavy atom. The first-order chi connectivity index (χ1) is 8.65. The van der Waals surface area contributed by atoms with Crippen LogP contribution in [0.1, 0.15) is 39.0 Å². The first kappa shape index (κ1) is 13.6. The second-order valence-electron chi connectivity index (χ2n) is 5.51. The fourth-order valence-corrected chi connectivity index (χ4v) is 2.83. The average Bonchev–Trinajstić information content (AvgIpc) is 2.73. The molecule has 5 nitrogen and oxygen atoms in total. The van der Waals surface area contributed by atoms with E-state index >= 15 is 0 Å². The maximum Gasteiger partial charge on any atom is 0.315 e. The van der Waals surface area contributed by atoms with Gasteiger partial charge in [-0.1, -0.05) is 6.42 Å². The van der Waals surface area contributed by atoms with Crippen molar-refractivity contribution in [3.8, 4) is 0 Å². The van der Waals surface area contributed by atoms with Crippen LogP contribution in [0.5, 0.6) is 0 Å². The largest absolute Gasteiger partial charge is 0.393 e. The minimum Gasteiger partial charge on any atom is -0.393 e. The number of ether oxygens (including phenoxy) is 1. The molecule has 3 N–H and O–H groups in total. The molecule has 0 radical (unpaired) electrons. The molecule has 4 atom stereocenters. The Morgan fingerprint density at radius 3 is 2.89 bits per heavy atom. The van der Waals surface area contributed by atoms with Crippen molar-refractivity contribution in [3.63, 3.8) is 0 Å². The maximum absolute atomic E-state index is 11.7. The number of urea groups is 1. The van der Waals surface area contributed by atoms with Crippen LogP contribution in [0.3, 0.4) is 0 Å². The van der Waals surface area contributed by atoms with Crippen LogP contribution in [0.25, 0.3) is 0 Å². The second-order valence-corrected chi connectivity index (χ2v) is 5.51. The highest BCUT2D eigenvalue weighted by Crippen LogP contribution is 2.23. The molecule has 0 aromatic heterocycles. The van der Waals surface area contributed by atoms with Gasteiger partial charge in [0, 0.05) is 13.2 Å². The van der Waals surface area contributed by atoms with Crippen LogP contribution < -0.4 is 10.6 Å². The SMILES string of the molecule is CC1OCCC1NC(=O)NCC1CCCC(O)C1. The van der Waals surface area contributed by atoms with Gasteiger partial charge in [0.1, 0.15) is 0 Å². The van der Waals surface area contributed by atoms with E-state index in [1.54, 1.807) is 0 Å². The molecular weight excluding hydrogens is 232 g/mol. The summed E-state index contributed by atoms with van der Waals surface area (Å²) in [5.41, 5.74) is 0. The highest BCUT2D eigenvalue weighted by atomic mass is 16.5. The molecule has 104 valence electrons. The summed E-state index contributed by atoms with van der Waals surface area (Å²) in [5, 5.41) is 15.4. The number of hydrogen-bond donors (Lipinski definition) is 3. The van der Waals surface area contributed by atoms with E-state index in [-0.39, 0.29) is 24.3 Å². The van der Waals surface area contributed by atoms with Crippen molar-refractivity contribution in [3.05, 3.63) is 0 Å². The number of aliphatic hydroxyl groups is 1. The lowest BCUT2D eigenvalue weighted by Gasteiger charge is -2.26. The molecular formula is C13H24N2O3. The summed E-state index contributed by atoms with van der Waals surface area (Å²) in [7, 11) is 0. The summed E-state index contributed by atoms with van der Waals surface area (Å²) in [6.07, 6.45) is 4.67. The van der Waals surface area contributed by atoms with Gasteiger partial charge in [-0.3, -0.25) is 0 Å². The molecule has 0 spiro atoms. The van der Waals surface area contributed by atoms with E-state index in [4.69, 9.17) is 4.74 Å². The molecule has 1 aliphatic carbocycles. The molecule has 2 rings (SSSR count). The van der Waals surface area contributed by atoms with Gasteiger partial charge in [0.05, 0.1) is 18.2 Å². The molecule has 0 aromatic rings. The minimum atomic E-state index is -0.183. The van der Waals surface area contributed by atoms with E-state index in [0.29, 0.717) is 12.5 Å². The van der Waals surface area contributed by atoms with Crippen molar-refractivity contribution in [2.24, 2.45) is 5.92 Å². The lowest BCUT2D eigenvalue weighted by molar-refractivity contribution is 0.101. The predicted octanol–water partition coefficient (Wildman–Crippen LogP) is 1.01. The van der Waals surface area contributed by atoms with Gasteiger partial charge in [-0.25, -0.2) is 4.79 Å². The molecule has 2 amide bonds. The molecule has 0 aromatic carbocycles. The summed E-state index contributed by atoms with van der Waals surface area (Å²) in [6, 6.07) is 0.0133. The normalized spacial score (nSPS) is 36.3. The van der Waals surface area contributed by atoms with Crippen LogP contribution in [0.4, 0.5) is 4.79 Å². The Balaban J connectivity index is 1.65. The summed E-state index contributed by atoms with van der Waals surface area (Å²) in [6.45, 7) is 3.36. The van der Waals surface area contributed by atoms with Gasteiger partial charge in [-0.15, -0.1) is 0 Å². The van der Waals surface area contributed by atoms with Crippen molar-refractivity contribution in [2.75, 3.05) is 13.2 Å². The molecule has 2 fully saturated rings. The lowest BCUT2D eigenvalue weighted by Crippen LogP contribution is -2.46. The highest BCUT2D eigenvalue weighted by molar-refractivity contribution is 5.74. The van der Waals surface area contributed by atoms with Crippen LogP contribution in [0.2, 0.25) is 0 Å². The molecule has 0 bridgehead atoms. The summed E-state index contributed by atoms with van der Waals surface area (Å²) in [5.74, 6) is 0.414. The van der Waals surface area contributed by atoms with Gasteiger partial charge in [-0.2, -0.15) is 0 Å². The molecule has 1 heterocycles. The number of carbonyl (C=O) groups is 1. The van der Waals surface area contributed by atoms with Gasteiger partial charge in [0.25, 0.3) is 0 Å². The lowest BCUT2D eigenvalue weighted by atomic mass is 9.87. The molecule has 1 aliphatic heterocycles. The number of nitrogens with one attached hydrogen (secondary N) is 2. The number of amides is 2. The summed E-state index contributed by atoms with van der Waals surface area (Å²) in [4.78, 5) is 11.7. The molecule has 18 heavy (non-hydrogen) atoms. The number of hydrogen-bond acceptors (Lipinski definition) is 3. The fraction of sp³-hybridized carbons (Fsp3) is 0.923.